The van der Waals surface area contributed by atoms with Crippen molar-refractivity contribution in [3.05, 3.63) is 92.2 Å². The van der Waals surface area contributed by atoms with Gasteiger partial charge in [-0.1, -0.05) is 54.1 Å². The Hall–Kier alpha value is -3.56. The largest absolute Gasteiger partial charge is 0.494 e. The van der Waals surface area contributed by atoms with Crippen LogP contribution in [0.15, 0.2) is 59.4 Å². The number of aromatic nitrogens is 1. The van der Waals surface area contributed by atoms with Crippen molar-refractivity contribution >= 4 is 17.4 Å². The summed E-state index contributed by atoms with van der Waals surface area (Å²) in [7, 11) is 0. The molecular weight excluding hydrogens is 404 g/mol. The molecule has 0 aliphatic carbocycles. The van der Waals surface area contributed by atoms with Crippen molar-refractivity contribution in [2.24, 2.45) is 0 Å². The molecule has 3 rings (SSSR count). The van der Waals surface area contributed by atoms with Gasteiger partial charge in [0.25, 0.3) is 5.56 Å². The fourth-order valence-corrected chi connectivity index (χ4v) is 3.33. The minimum absolute atomic E-state index is 0.0144. The number of benzene rings is 2. The van der Waals surface area contributed by atoms with Crippen LogP contribution in [0, 0.1) is 18.3 Å². The van der Waals surface area contributed by atoms with Crippen molar-refractivity contribution in [3.8, 4) is 17.7 Å². The molecule has 0 fully saturated rings. The Bertz CT molecular complexity index is 1200. The van der Waals surface area contributed by atoms with Crippen LogP contribution in [-0.2, 0) is 6.54 Å². The summed E-state index contributed by atoms with van der Waals surface area (Å²) in [4.78, 5) is 25.9. The first kappa shape index (κ1) is 21.2. The molecule has 1 atom stereocenters. The van der Waals surface area contributed by atoms with Gasteiger partial charge in [-0.3, -0.25) is 14.2 Å². The second-order valence-electron chi connectivity index (χ2n) is 6.74. The molecule has 3 aromatic rings. The van der Waals surface area contributed by atoms with E-state index >= 15 is 0 Å². The number of carbonyl (C=O) groups is 1. The summed E-state index contributed by atoms with van der Waals surface area (Å²) in [6.07, 6.45) is -1.01. The first-order chi connectivity index (χ1) is 14.3. The maximum absolute atomic E-state index is 13.1. The molecule has 0 saturated heterocycles. The maximum atomic E-state index is 13.1. The lowest BCUT2D eigenvalue weighted by atomic mass is 9.99. The van der Waals surface area contributed by atoms with Gasteiger partial charge >= 0.3 is 0 Å². The van der Waals surface area contributed by atoms with E-state index in [-0.39, 0.29) is 23.2 Å². The third kappa shape index (κ3) is 4.07. The van der Waals surface area contributed by atoms with Gasteiger partial charge in [-0.15, -0.1) is 0 Å². The molecule has 7 heteroatoms. The first-order valence-electron chi connectivity index (χ1n) is 9.21. The Morgan fingerprint density at radius 3 is 2.47 bits per heavy atom. The molecule has 0 spiro atoms. The molecule has 1 heterocycles. The number of rotatable bonds is 6. The normalized spacial score (nSPS) is 11.5. The monoisotopic (exact) mass is 422 g/mol. The third-order valence-electron chi connectivity index (χ3n) is 4.74. The van der Waals surface area contributed by atoms with Crippen molar-refractivity contribution in [1.29, 1.82) is 5.26 Å². The second-order valence-corrected chi connectivity index (χ2v) is 7.15. The molecule has 0 aliphatic heterocycles. The molecule has 1 aromatic heterocycles. The van der Waals surface area contributed by atoms with Crippen molar-refractivity contribution < 1.29 is 14.6 Å². The number of nitriles is 1. The molecule has 1 N–H and O–H groups in total. The lowest BCUT2D eigenvalue weighted by molar-refractivity contribution is 0.0813. The average molecular weight is 423 g/mol. The highest BCUT2D eigenvalue weighted by Gasteiger charge is 2.28. The maximum Gasteiger partial charge on any atom is 0.271 e. The van der Waals surface area contributed by atoms with Crippen LogP contribution in [0.1, 0.15) is 34.0 Å². The van der Waals surface area contributed by atoms with Gasteiger partial charge in [0.15, 0.2) is 6.10 Å². The van der Waals surface area contributed by atoms with Gasteiger partial charge in [-0.2, -0.15) is 5.26 Å². The minimum Gasteiger partial charge on any atom is -0.494 e. The van der Waals surface area contributed by atoms with Crippen LogP contribution in [0.3, 0.4) is 0 Å². The van der Waals surface area contributed by atoms with Crippen molar-refractivity contribution in [1.82, 2.24) is 4.57 Å². The van der Waals surface area contributed by atoms with E-state index in [0.717, 1.165) is 10.1 Å². The summed E-state index contributed by atoms with van der Waals surface area (Å²) in [6.45, 7) is 2.99. The van der Waals surface area contributed by atoms with E-state index in [1.54, 1.807) is 48.5 Å². The van der Waals surface area contributed by atoms with Crippen LogP contribution < -0.4 is 10.3 Å². The smallest absolute Gasteiger partial charge is 0.271 e. The van der Waals surface area contributed by atoms with Crippen LogP contribution in [-0.4, -0.2) is 21.6 Å². The lowest BCUT2D eigenvalue weighted by Crippen LogP contribution is -2.31. The first-order valence-corrected chi connectivity index (χ1v) is 9.58. The molecule has 0 amide bonds. The molecule has 2 aromatic carbocycles. The number of ether oxygens (including phenoxy) is 1. The van der Waals surface area contributed by atoms with E-state index in [0.29, 0.717) is 10.8 Å². The average Bonchev–Trinajstić information content (AvgIpc) is 2.74. The minimum atomic E-state index is -1.01. The van der Waals surface area contributed by atoms with Crippen molar-refractivity contribution in [2.45, 2.75) is 26.5 Å². The Kier molecular flexibility index (Phi) is 6.24. The highest BCUT2D eigenvalue weighted by atomic mass is 35.5. The summed E-state index contributed by atoms with van der Waals surface area (Å²) in [5, 5.41) is 20.7. The Morgan fingerprint density at radius 2 is 1.83 bits per heavy atom. The number of aromatic hydroxyl groups is 1. The fourth-order valence-electron chi connectivity index (χ4n) is 3.15. The van der Waals surface area contributed by atoms with Crippen LogP contribution in [0.25, 0.3) is 0 Å². The quantitative estimate of drug-likeness (QED) is 0.604. The number of Topliss-reactive ketones (excluding diaryl/α,β-unsaturated/α-hetero) is 1. The Morgan fingerprint density at radius 1 is 1.20 bits per heavy atom. The molecular formula is C23H19ClN2O4. The number of pyridine rings is 1. The standard InChI is InChI=1S/C23H19ClN2O4/c1-14-17(12-25)22(28)26(13-16-8-4-3-5-9-16)23(29)20(14)21(27)15(2)30-19-11-7-6-10-18(19)24/h3-11,15,29H,13H2,1-2H3. The third-order valence-corrected chi connectivity index (χ3v) is 5.05. The summed E-state index contributed by atoms with van der Waals surface area (Å²) < 4.78 is 6.69. The van der Waals surface area contributed by atoms with E-state index in [1.165, 1.54) is 13.8 Å². The molecule has 0 aliphatic rings. The van der Waals surface area contributed by atoms with E-state index in [4.69, 9.17) is 16.3 Å². The zero-order chi connectivity index (χ0) is 21.8. The topological polar surface area (TPSA) is 92.3 Å². The van der Waals surface area contributed by atoms with Gasteiger partial charge in [-0.05, 0) is 37.1 Å². The number of hydrogen-bond donors (Lipinski definition) is 1. The number of halogens is 1. The summed E-state index contributed by atoms with van der Waals surface area (Å²) in [5.74, 6) is -0.751. The van der Waals surface area contributed by atoms with Crippen LogP contribution in [0.5, 0.6) is 11.6 Å². The van der Waals surface area contributed by atoms with Gasteiger partial charge in [0.1, 0.15) is 17.4 Å². The van der Waals surface area contributed by atoms with E-state index in [2.05, 4.69) is 0 Å². The summed E-state index contributed by atoms with van der Waals surface area (Å²) in [5.41, 5.74) is -0.128. The summed E-state index contributed by atoms with van der Waals surface area (Å²) >= 11 is 6.09. The molecule has 0 bridgehead atoms. The predicted octanol–water partition coefficient (Wildman–Crippen LogP) is 4.09. The van der Waals surface area contributed by atoms with Gasteiger partial charge in [0, 0.05) is 0 Å². The number of hydrogen-bond acceptors (Lipinski definition) is 5. The summed E-state index contributed by atoms with van der Waals surface area (Å²) in [6, 6.07) is 17.5. The van der Waals surface area contributed by atoms with Crippen molar-refractivity contribution in [2.75, 3.05) is 0 Å². The van der Waals surface area contributed by atoms with Crippen LogP contribution in [0.4, 0.5) is 0 Å². The number of ketones is 1. The fraction of sp³-hybridized carbons (Fsp3) is 0.174. The number of para-hydroxylation sites is 1. The van der Waals surface area contributed by atoms with Gasteiger partial charge in [-0.25, -0.2) is 0 Å². The molecule has 1 unspecified atom stereocenters. The Labute approximate surface area is 178 Å². The van der Waals surface area contributed by atoms with Crippen molar-refractivity contribution in [3.63, 3.8) is 0 Å². The predicted molar refractivity (Wildman–Crippen MR) is 113 cm³/mol. The zero-order valence-corrected chi connectivity index (χ0v) is 17.2. The molecule has 30 heavy (non-hydrogen) atoms. The van der Waals surface area contributed by atoms with Crippen LogP contribution >= 0.6 is 11.6 Å². The second kappa shape index (κ2) is 8.85. The lowest BCUT2D eigenvalue weighted by Gasteiger charge is -2.19. The Balaban J connectivity index is 2.06. The van der Waals surface area contributed by atoms with Crippen LogP contribution in [0.2, 0.25) is 5.02 Å². The number of nitrogens with zero attached hydrogens (tertiary/aromatic N) is 2. The molecule has 6 nitrogen and oxygen atoms in total. The zero-order valence-electron chi connectivity index (χ0n) is 16.4. The molecule has 0 radical (unpaired) electrons. The van der Waals surface area contributed by atoms with Gasteiger partial charge < -0.3 is 9.84 Å². The highest BCUT2D eigenvalue weighted by molar-refractivity contribution is 6.32. The molecule has 152 valence electrons. The highest BCUT2D eigenvalue weighted by Crippen LogP contribution is 2.28. The van der Waals surface area contributed by atoms with Gasteiger partial charge in [0.2, 0.25) is 11.7 Å². The number of carbonyl (C=O) groups excluding carboxylic acids is 1. The van der Waals surface area contributed by atoms with E-state index in [1.807, 2.05) is 12.1 Å². The van der Waals surface area contributed by atoms with Gasteiger partial charge in [0.05, 0.1) is 17.1 Å². The van der Waals surface area contributed by atoms with E-state index < -0.39 is 23.3 Å². The SMILES string of the molecule is Cc1c(C(=O)C(C)Oc2ccccc2Cl)c(O)n(Cc2ccccc2)c(=O)c1C#N. The van der Waals surface area contributed by atoms with E-state index in [9.17, 15) is 20.0 Å². The molecule has 0 saturated carbocycles.